The van der Waals surface area contributed by atoms with Crippen molar-refractivity contribution < 1.29 is 9.53 Å². The molecule has 1 aromatic carbocycles. The summed E-state index contributed by atoms with van der Waals surface area (Å²) in [6.07, 6.45) is 4.14. The molecule has 2 aliphatic rings. The van der Waals surface area contributed by atoms with Crippen molar-refractivity contribution in [3.05, 3.63) is 35.9 Å². The highest BCUT2D eigenvalue weighted by molar-refractivity contribution is 14.0. The number of nitrogens with zero attached hydrogens (tertiary/aromatic N) is 3. The van der Waals surface area contributed by atoms with Crippen LogP contribution in [-0.2, 0) is 4.74 Å². The molecule has 0 radical (unpaired) electrons. The first-order chi connectivity index (χ1) is 14.2. The van der Waals surface area contributed by atoms with Crippen molar-refractivity contribution in [1.29, 1.82) is 0 Å². The first-order valence-electron chi connectivity index (χ1n) is 10.9. The molecule has 2 N–H and O–H groups in total. The molecule has 8 heteroatoms. The highest BCUT2D eigenvalue weighted by Gasteiger charge is 2.26. The lowest BCUT2D eigenvalue weighted by Crippen LogP contribution is -2.51. The fourth-order valence-electron chi connectivity index (χ4n) is 4.19. The van der Waals surface area contributed by atoms with Crippen LogP contribution in [0.4, 0.5) is 4.79 Å². The molecule has 1 atom stereocenters. The zero-order valence-corrected chi connectivity index (χ0v) is 20.5. The van der Waals surface area contributed by atoms with Crippen LogP contribution in [0.5, 0.6) is 0 Å². The second-order valence-corrected chi connectivity index (χ2v) is 7.73. The number of halogens is 1. The number of aliphatic imine (C=N–C) groups is 1. The summed E-state index contributed by atoms with van der Waals surface area (Å²) < 4.78 is 5.10. The van der Waals surface area contributed by atoms with Gasteiger partial charge in [-0.15, -0.1) is 24.0 Å². The number of carbonyl (C=O) groups excluding carboxylic acids is 1. The Morgan fingerprint density at radius 1 is 1.17 bits per heavy atom. The van der Waals surface area contributed by atoms with Gasteiger partial charge >= 0.3 is 6.09 Å². The van der Waals surface area contributed by atoms with Crippen LogP contribution in [-0.4, -0.2) is 74.3 Å². The van der Waals surface area contributed by atoms with Crippen molar-refractivity contribution in [1.82, 2.24) is 20.4 Å². The monoisotopic (exact) mass is 529 g/mol. The Hall–Kier alpha value is -1.55. The molecule has 0 saturated carbocycles. The third-order valence-electron chi connectivity index (χ3n) is 5.81. The number of ether oxygens (including phenoxy) is 1. The number of hydrogen-bond donors (Lipinski definition) is 2. The largest absolute Gasteiger partial charge is 0.450 e. The molecule has 0 bridgehead atoms. The maximum Gasteiger partial charge on any atom is 0.409 e. The smallest absolute Gasteiger partial charge is 0.409 e. The minimum Gasteiger partial charge on any atom is -0.450 e. The quantitative estimate of drug-likeness (QED) is 0.337. The van der Waals surface area contributed by atoms with E-state index in [1.807, 2.05) is 14.0 Å². The summed E-state index contributed by atoms with van der Waals surface area (Å²) in [6.45, 7) is 6.83. The fourth-order valence-corrected chi connectivity index (χ4v) is 4.19. The number of amides is 1. The van der Waals surface area contributed by atoms with E-state index in [2.05, 4.69) is 50.9 Å². The van der Waals surface area contributed by atoms with Crippen molar-refractivity contribution in [3.8, 4) is 0 Å². The van der Waals surface area contributed by atoms with E-state index in [-0.39, 0.29) is 30.1 Å². The SMILES string of the molecule is CCOC(=O)N1CCC(NC(=NC)NCC(c2ccccc2)N2CCCC2)CC1.I. The Morgan fingerprint density at radius 3 is 2.43 bits per heavy atom. The van der Waals surface area contributed by atoms with Crippen LogP contribution in [0.2, 0.25) is 0 Å². The molecule has 7 nitrogen and oxygen atoms in total. The van der Waals surface area contributed by atoms with Gasteiger partial charge in [0.2, 0.25) is 0 Å². The van der Waals surface area contributed by atoms with E-state index >= 15 is 0 Å². The lowest BCUT2D eigenvalue weighted by atomic mass is 10.1. The number of rotatable bonds is 6. The van der Waals surface area contributed by atoms with Gasteiger partial charge in [0.1, 0.15) is 0 Å². The number of benzene rings is 1. The molecule has 0 aromatic heterocycles. The Bertz CT molecular complexity index is 659. The average Bonchev–Trinajstić information content (AvgIpc) is 3.29. The summed E-state index contributed by atoms with van der Waals surface area (Å²) in [6, 6.07) is 11.4. The standard InChI is InChI=1S/C22H35N5O2.HI/c1-3-29-22(28)27-15-11-19(12-16-27)25-21(23-2)24-17-20(26-13-7-8-14-26)18-9-5-4-6-10-18;/h4-6,9-10,19-20H,3,7-8,11-17H2,1-2H3,(H2,23,24,25);1H. The number of nitrogens with one attached hydrogen (secondary N) is 2. The molecule has 0 aliphatic carbocycles. The Morgan fingerprint density at radius 2 is 1.83 bits per heavy atom. The van der Waals surface area contributed by atoms with Gasteiger partial charge in [-0.3, -0.25) is 9.89 Å². The van der Waals surface area contributed by atoms with Gasteiger partial charge in [-0.1, -0.05) is 30.3 Å². The number of guanidine groups is 1. The summed E-state index contributed by atoms with van der Waals surface area (Å²) in [5.74, 6) is 0.833. The second kappa shape index (κ2) is 13.0. The average molecular weight is 529 g/mol. The van der Waals surface area contributed by atoms with Gasteiger partial charge in [0.05, 0.1) is 12.6 Å². The lowest BCUT2D eigenvalue weighted by molar-refractivity contribution is 0.0963. The van der Waals surface area contributed by atoms with Crippen molar-refractivity contribution in [2.24, 2.45) is 4.99 Å². The molecule has 30 heavy (non-hydrogen) atoms. The van der Waals surface area contributed by atoms with Crippen LogP contribution < -0.4 is 10.6 Å². The van der Waals surface area contributed by atoms with Crippen LogP contribution in [0.1, 0.15) is 44.2 Å². The molecular weight excluding hydrogens is 493 g/mol. The van der Waals surface area contributed by atoms with Gasteiger partial charge in [-0.2, -0.15) is 0 Å². The molecule has 1 amide bonds. The van der Waals surface area contributed by atoms with E-state index in [0.29, 0.717) is 31.8 Å². The third-order valence-corrected chi connectivity index (χ3v) is 5.81. The van der Waals surface area contributed by atoms with Crippen molar-refractivity contribution in [2.45, 2.75) is 44.7 Å². The van der Waals surface area contributed by atoms with Crippen LogP contribution in [0, 0.1) is 0 Å². The topological polar surface area (TPSA) is 69.2 Å². The highest BCUT2D eigenvalue weighted by Crippen LogP contribution is 2.24. The molecule has 2 aliphatic heterocycles. The minimum absolute atomic E-state index is 0. The number of carbonyl (C=O) groups is 1. The molecule has 1 aromatic rings. The Labute approximate surface area is 197 Å². The lowest BCUT2D eigenvalue weighted by Gasteiger charge is -2.33. The van der Waals surface area contributed by atoms with Crippen molar-refractivity contribution in [2.75, 3.05) is 46.4 Å². The van der Waals surface area contributed by atoms with Crippen molar-refractivity contribution in [3.63, 3.8) is 0 Å². The normalized spacial score (nSPS) is 19.1. The van der Waals surface area contributed by atoms with Gasteiger partial charge in [0.25, 0.3) is 0 Å². The van der Waals surface area contributed by atoms with E-state index in [9.17, 15) is 4.79 Å². The predicted octanol–water partition coefficient (Wildman–Crippen LogP) is 3.23. The zero-order chi connectivity index (χ0) is 20.5. The summed E-state index contributed by atoms with van der Waals surface area (Å²) in [5.41, 5.74) is 1.35. The van der Waals surface area contributed by atoms with E-state index in [4.69, 9.17) is 4.74 Å². The fraction of sp³-hybridized carbons (Fsp3) is 0.636. The number of piperidine rings is 1. The second-order valence-electron chi connectivity index (χ2n) is 7.73. The summed E-state index contributed by atoms with van der Waals surface area (Å²) in [7, 11) is 1.82. The maximum atomic E-state index is 11.9. The first kappa shape index (κ1) is 24.7. The van der Waals surface area contributed by atoms with E-state index in [0.717, 1.165) is 38.4 Å². The zero-order valence-electron chi connectivity index (χ0n) is 18.2. The van der Waals surface area contributed by atoms with Gasteiger partial charge < -0.3 is 20.3 Å². The highest BCUT2D eigenvalue weighted by atomic mass is 127. The van der Waals surface area contributed by atoms with Gasteiger partial charge in [-0.05, 0) is 51.3 Å². The molecular formula is C22H36IN5O2. The molecule has 2 fully saturated rings. The summed E-state index contributed by atoms with van der Waals surface area (Å²) >= 11 is 0. The molecule has 2 heterocycles. The summed E-state index contributed by atoms with van der Waals surface area (Å²) in [4.78, 5) is 20.6. The van der Waals surface area contributed by atoms with E-state index in [1.54, 1.807) is 4.90 Å². The van der Waals surface area contributed by atoms with Gasteiger partial charge in [-0.25, -0.2) is 4.79 Å². The van der Waals surface area contributed by atoms with Crippen LogP contribution in [0.3, 0.4) is 0 Å². The van der Waals surface area contributed by atoms with Crippen LogP contribution in [0.25, 0.3) is 0 Å². The van der Waals surface area contributed by atoms with Crippen LogP contribution in [0.15, 0.2) is 35.3 Å². The number of hydrogen-bond acceptors (Lipinski definition) is 4. The molecule has 2 saturated heterocycles. The predicted molar refractivity (Wildman–Crippen MR) is 132 cm³/mol. The molecule has 1 unspecified atom stereocenters. The molecule has 3 rings (SSSR count). The minimum atomic E-state index is -0.204. The Kier molecular flexibility index (Phi) is 10.7. The Balaban J connectivity index is 0.00000320. The van der Waals surface area contributed by atoms with E-state index < -0.39 is 0 Å². The number of likely N-dealkylation sites (tertiary alicyclic amines) is 2. The van der Waals surface area contributed by atoms with E-state index in [1.165, 1.54) is 18.4 Å². The van der Waals surface area contributed by atoms with Gasteiger partial charge in [0.15, 0.2) is 5.96 Å². The maximum absolute atomic E-state index is 11.9. The van der Waals surface area contributed by atoms with Crippen LogP contribution >= 0.6 is 24.0 Å². The molecule has 0 spiro atoms. The third kappa shape index (κ3) is 7.01. The first-order valence-corrected chi connectivity index (χ1v) is 10.9. The van der Waals surface area contributed by atoms with Crippen molar-refractivity contribution >= 4 is 36.0 Å². The van der Waals surface area contributed by atoms with Gasteiger partial charge in [0, 0.05) is 32.7 Å². The summed E-state index contributed by atoms with van der Waals surface area (Å²) in [5, 5.41) is 7.07. The molecule has 168 valence electrons.